The Morgan fingerprint density at radius 2 is 2.33 bits per heavy atom. The van der Waals surface area contributed by atoms with Gasteiger partial charge in [-0.05, 0) is 43.1 Å². The van der Waals surface area contributed by atoms with E-state index in [4.69, 9.17) is 10.5 Å². The Kier molecular flexibility index (Phi) is 2.98. The summed E-state index contributed by atoms with van der Waals surface area (Å²) in [4.78, 5) is 4.43. The van der Waals surface area contributed by atoms with Crippen molar-refractivity contribution in [3.8, 4) is 17.1 Å². The van der Waals surface area contributed by atoms with Gasteiger partial charge >= 0.3 is 0 Å². The van der Waals surface area contributed by atoms with Crippen LogP contribution in [-0.2, 0) is 12.8 Å². The molecular formula is C13H16N4O. The zero-order valence-corrected chi connectivity index (χ0v) is 10.1. The Morgan fingerprint density at radius 3 is 3.22 bits per heavy atom. The van der Waals surface area contributed by atoms with Crippen LogP contribution in [0.25, 0.3) is 11.4 Å². The third kappa shape index (κ3) is 2.09. The van der Waals surface area contributed by atoms with Gasteiger partial charge in [0.25, 0.3) is 0 Å². The smallest absolute Gasteiger partial charge is 0.181 e. The first-order valence-electron chi connectivity index (χ1n) is 6.24. The maximum absolute atomic E-state index is 5.59. The van der Waals surface area contributed by atoms with E-state index in [0.29, 0.717) is 6.54 Å². The monoisotopic (exact) mass is 244 g/mol. The van der Waals surface area contributed by atoms with Gasteiger partial charge in [0.2, 0.25) is 0 Å². The van der Waals surface area contributed by atoms with Gasteiger partial charge in [-0.2, -0.15) is 5.10 Å². The molecule has 0 aliphatic carbocycles. The van der Waals surface area contributed by atoms with Gasteiger partial charge in [0.15, 0.2) is 5.82 Å². The number of rotatable bonds is 3. The van der Waals surface area contributed by atoms with Gasteiger partial charge < -0.3 is 10.5 Å². The fourth-order valence-corrected chi connectivity index (χ4v) is 2.17. The molecule has 0 bridgehead atoms. The van der Waals surface area contributed by atoms with Crippen LogP contribution in [0.2, 0.25) is 0 Å². The van der Waals surface area contributed by atoms with Crippen LogP contribution in [0.15, 0.2) is 18.2 Å². The lowest BCUT2D eigenvalue weighted by Gasteiger charge is -2.17. The van der Waals surface area contributed by atoms with E-state index in [1.54, 1.807) is 0 Å². The van der Waals surface area contributed by atoms with Crippen LogP contribution in [-0.4, -0.2) is 28.3 Å². The molecule has 1 aromatic carbocycles. The first kappa shape index (κ1) is 11.2. The van der Waals surface area contributed by atoms with E-state index in [9.17, 15) is 0 Å². The topological polar surface area (TPSA) is 76.8 Å². The van der Waals surface area contributed by atoms with E-state index in [-0.39, 0.29) is 0 Å². The second kappa shape index (κ2) is 4.78. The van der Waals surface area contributed by atoms with Crippen molar-refractivity contribution in [2.75, 3.05) is 13.2 Å². The largest absolute Gasteiger partial charge is 0.493 e. The molecule has 1 aromatic heterocycles. The Bertz CT molecular complexity index is 550. The fraction of sp³-hybridized carbons (Fsp3) is 0.385. The zero-order valence-electron chi connectivity index (χ0n) is 10.1. The van der Waals surface area contributed by atoms with Gasteiger partial charge in [0.1, 0.15) is 11.6 Å². The SMILES string of the molecule is NCCc1nc(-c2ccc3c(c2)CCCO3)n[nH]1. The number of nitrogens with zero attached hydrogens (tertiary/aromatic N) is 2. The van der Waals surface area contributed by atoms with Gasteiger partial charge in [-0.1, -0.05) is 0 Å². The van der Waals surface area contributed by atoms with Crippen LogP contribution in [0.1, 0.15) is 17.8 Å². The molecule has 2 aromatic rings. The number of ether oxygens (including phenoxy) is 1. The minimum absolute atomic E-state index is 0.576. The molecule has 1 aliphatic heterocycles. The highest BCUT2D eigenvalue weighted by molar-refractivity contribution is 5.58. The van der Waals surface area contributed by atoms with Crippen molar-refractivity contribution in [2.24, 2.45) is 5.73 Å². The molecule has 18 heavy (non-hydrogen) atoms. The quantitative estimate of drug-likeness (QED) is 0.853. The average molecular weight is 244 g/mol. The molecular weight excluding hydrogens is 228 g/mol. The lowest BCUT2D eigenvalue weighted by atomic mass is 10.0. The number of hydrogen-bond donors (Lipinski definition) is 2. The molecule has 3 rings (SSSR count). The summed E-state index contributed by atoms with van der Waals surface area (Å²) >= 11 is 0. The number of aromatic nitrogens is 3. The van der Waals surface area contributed by atoms with Crippen LogP contribution in [0.3, 0.4) is 0 Å². The number of hydrogen-bond acceptors (Lipinski definition) is 4. The number of benzene rings is 1. The molecule has 5 heteroatoms. The maximum Gasteiger partial charge on any atom is 0.181 e. The Balaban J connectivity index is 1.91. The Labute approximate surface area is 105 Å². The third-order valence-corrected chi connectivity index (χ3v) is 3.08. The number of fused-ring (bicyclic) bond motifs is 1. The summed E-state index contributed by atoms with van der Waals surface area (Å²) in [6.45, 7) is 1.39. The van der Waals surface area contributed by atoms with Crippen LogP contribution < -0.4 is 10.5 Å². The van der Waals surface area contributed by atoms with Crippen molar-refractivity contribution in [3.63, 3.8) is 0 Å². The second-order valence-electron chi connectivity index (χ2n) is 4.42. The van der Waals surface area contributed by atoms with Crippen LogP contribution in [0, 0.1) is 0 Å². The normalized spacial score (nSPS) is 14.1. The van der Waals surface area contributed by atoms with Crippen LogP contribution in [0.5, 0.6) is 5.75 Å². The molecule has 0 amide bonds. The average Bonchev–Trinajstić information content (AvgIpc) is 2.87. The van der Waals surface area contributed by atoms with Crippen LogP contribution >= 0.6 is 0 Å². The molecule has 0 spiro atoms. The summed E-state index contributed by atoms with van der Waals surface area (Å²) in [6.07, 6.45) is 2.85. The number of nitrogens with one attached hydrogen (secondary N) is 1. The van der Waals surface area contributed by atoms with Crippen molar-refractivity contribution in [1.82, 2.24) is 15.2 Å². The molecule has 0 saturated carbocycles. The lowest BCUT2D eigenvalue weighted by Crippen LogP contribution is -2.08. The molecule has 0 atom stereocenters. The van der Waals surface area contributed by atoms with E-state index < -0.39 is 0 Å². The standard InChI is InChI=1S/C13H16N4O/c14-6-5-12-15-13(17-16-12)10-3-4-11-9(8-10)2-1-7-18-11/h3-4,8H,1-2,5-7,14H2,(H,15,16,17). The van der Waals surface area contributed by atoms with E-state index in [1.807, 2.05) is 12.1 Å². The number of aromatic amines is 1. The molecule has 0 fully saturated rings. The van der Waals surface area contributed by atoms with E-state index >= 15 is 0 Å². The Morgan fingerprint density at radius 1 is 1.39 bits per heavy atom. The van der Waals surface area contributed by atoms with Crippen molar-refractivity contribution in [2.45, 2.75) is 19.3 Å². The van der Waals surface area contributed by atoms with Gasteiger partial charge in [0, 0.05) is 12.0 Å². The van der Waals surface area contributed by atoms with Gasteiger partial charge in [-0.25, -0.2) is 4.98 Å². The number of H-pyrrole nitrogens is 1. The van der Waals surface area contributed by atoms with Crippen LogP contribution in [0.4, 0.5) is 0 Å². The van der Waals surface area contributed by atoms with E-state index in [0.717, 1.165) is 48.8 Å². The predicted octanol–water partition coefficient (Wildman–Crippen LogP) is 1.30. The molecule has 2 heterocycles. The van der Waals surface area contributed by atoms with Gasteiger partial charge in [-0.3, -0.25) is 5.10 Å². The fourth-order valence-electron chi connectivity index (χ4n) is 2.17. The second-order valence-corrected chi connectivity index (χ2v) is 4.42. The first-order valence-corrected chi connectivity index (χ1v) is 6.24. The summed E-state index contributed by atoms with van der Waals surface area (Å²) in [6, 6.07) is 6.12. The third-order valence-electron chi connectivity index (χ3n) is 3.08. The lowest BCUT2D eigenvalue weighted by molar-refractivity contribution is 0.288. The van der Waals surface area contributed by atoms with Crippen molar-refractivity contribution in [3.05, 3.63) is 29.6 Å². The summed E-state index contributed by atoms with van der Waals surface area (Å²) < 4.78 is 5.59. The van der Waals surface area contributed by atoms with Crippen molar-refractivity contribution < 1.29 is 4.74 Å². The first-order chi connectivity index (χ1) is 8.86. The number of nitrogens with two attached hydrogens (primary N) is 1. The highest BCUT2D eigenvalue weighted by Gasteiger charge is 2.13. The molecule has 1 aliphatic rings. The van der Waals surface area contributed by atoms with Gasteiger partial charge in [-0.15, -0.1) is 0 Å². The minimum atomic E-state index is 0.576. The highest BCUT2D eigenvalue weighted by atomic mass is 16.5. The number of aryl methyl sites for hydroxylation is 1. The summed E-state index contributed by atoms with van der Waals surface area (Å²) in [5.74, 6) is 2.55. The molecule has 5 nitrogen and oxygen atoms in total. The van der Waals surface area contributed by atoms with Gasteiger partial charge in [0.05, 0.1) is 6.61 Å². The van der Waals surface area contributed by atoms with E-state index in [2.05, 4.69) is 21.2 Å². The van der Waals surface area contributed by atoms with Crippen molar-refractivity contribution >= 4 is 0 Å². The molecule has 0 unspecified atom stereocenters. The molecule has 0 saturated heterocycles. The van der Waals surface area contributed by atoms with Crippen molar-refractivity contribution in [1.29, 1.82) is 0 Å². The minimum Gasteiger partial charge on any atom is -0.493 e. The zero-order chi connectivity index (χ0) is 12.4. The van der Waals surface area contributed by atoms with E-state index in [1.165, 1.54) is 5.56 Å². The highest BCUT2D eigenvalue weighted by Crippen LogP contribution is 2.28. The maximum atomic E-state index is 5.59. The molecule has 3 N–H and O–H groups in total. The summed E-state index contributed by atoms with van der Waals surface area (Å²) in [5.41, 5.74) is 7.76. The Hall–Kier alpha value is -1.88. The predicted molar refractivity (Wildman–Crippen MR) is 68.4 cm³/mol. The molecule has 94 valence electrons. The summed E-state index contributed by atoms with van der Waals surface area (Å²) in [5, 5.41) is 7.13. The molecule has 0 radical (unpaired) electrons. The summed E-state index contributed by atoms with van der Waals surface area (Å²) in [7, 11) is 0.